The van der Waals surface area contributed by atoms with Crippen LogP contribution in [0.3, 0.4) is 0 Å². The first-order valence-corrected chi connectivity index (χ1v) is 6.39. The van der Waals surface area contributed by atoms with E-state index >= 15 is 0 Å². The summed E-state index contributed by atoms with van der Waals surface area (Å²) in [6, 6.07) is 0. The zero-order valence-electron chi connectivity index (χ0n) is 9.14. The van der Waals surface area contributed by atoms with Gasteiger partial charge in [0, 0.05) is 24.7 Å². The van der Waals surface area contributed by atoms with Crippen molar-refractivity contribution >= 4 is 19.7 Å². The maximum atomic E-state index is 11.5. The maximum absolute atomic E-state index is 11.5. The number of amides is 1. The number of aliphatic hydroxyl groups is 1. The molecule has 3 N–H and O–H groups in total. The van der Waals surface area contributed by atoms with Gasteiger partial charge in [0.05, 0.1) is 6.35 Å². The van der Waals surface area contributed by atoms with E-state index in [1.807, 2.05) is 0 Å². The van der Waals surface area contributed by atoms with Gasteiger partial charge in [-0.25, -0.2) is 4.79 Å². The molecule has 0 aliphatic heterocycles. The third-order valence-corrected chi connectivity index (χ3v) is 3.92. The predicted octanol–water partition coefficient (Wildman–Crippen LogP) is -0.113. The topological polar surface area (TPSA) is 104 Å². The van der Waals surface area contributed by atoms with Gasteiger partial charge in [0.25, 0.3) is 0 Å². The minimum atomic E-state index is -2.42. The number of hydrogen-bond donors (Lipinski definition) is 3. The minimum absolute atomic E-state index is 0.341. The van der Waals surface area contributed by atoms with Crippen molar-refractivity contribution in [2.45, 2.75) is 12.6 Å². The first-order valence-electron chi connectivity index (χ1n) is 4.70. The number of rotatable bonds is 6. The van der Waals surface area contributed by atoms with E-state index in [2.05, 4.69) is 5.32 Å². The van der Waals surface area contributed by atoms with E-state index in [9.17, 15) is 14.2 Å². The van der Waals surface area contributed by atoms with Crippen LogP contribution in [-0.4, -0.2) is 41.1 Å². The van der Waals surface area contributed by atoms with Gasteiger partial charge in [-0.2, -0.15) is 0 Å². The second-order valence-electron chi connectivity index (χ2n) is 3.25. The molecule has 0 aliphatic rings. The number of allylic oxidation sites excluding steroid dienone is 1. The van der Waals surface area contributed by atoms with Crippen molar-refractivity contribution in [1.82, 2.24) is 5.32 Å². The zero-order valence-corrected chi connectivity index (χ0v) is 10.1. The summed E-state index contributed by atoms with van der Waals surface area (Å²) in [7, 11) is -0.985. The van der Waals surface area contributed by atoms with Crippen LogP contribution in [0.1, 0.15) is 6.92 Å². The van der Waals surface area contributed by atoms with Gasteiger partial charge in [0.15, 0.2) is 0 Å². The molecule has 0 spiro atoms. The molecular formula is C9H16NO5P. The Hall–Kier alpha value is -1.13. The fraction of sp³-hybridized carbons (Fsp3) is 0.556. The van der Waals surface area contributed by atoms with E-state index < -0.39 is 31.7 Å². The van der Waals surface area contributed by atoms with Gasteiger partial charge < -0.3 is 20.1 Å². The van der Waals surface area contributed by atoms with Gasteiger partial charge in [-0.1, -0.05) is 13.0 Å². The van der Waals surface area contributed by atoms with Gasteiger partial charge in [0.2, 0.25) is 5.91 Å². The summed E-state index contributed by atoms with van der Waals surface area (Å²) in [5, 5.41) is 19.6. The number of nitrogens with one attached hydrogen (secondary N) is 1. The van der Waals surface area contributed by atoms with Crippen molar-refractivity contribution < 1.29 is 24.4 Å². The van der Waals surface area contributed by atoms with Crippen LogP contribution in [0, 0.1) is 5.92 Å². The lowest BCUT2D eigenvalue weighted by Gasteiger charge is -2.18. The standard InChI is InChI=1S/C9H16NO5P/c1-6(9(14)10-2)7(16(15)5-11)3-4-8(12)13/h3-4,6-7,11,16H,5H2,1-2H3,(H,10,14)(H,12,13). The quantitative estimate of drug-likeness (QED) is 0.450. The van der Waals surface area contributed by atoms with Crippen LogP contribution in [0.25, 0.3) is 0 Å². The number of carboxylic acids is 1. The fourth-order valence-electron chi connectivity index (χ4n) is 1.23. The number of carbonyl (C=O) groups excluding carboxylic acids is 1. The van der Waals surface area contributed by atoms with Crippen LogP contribution >= 0.6 is 7.80 Å². The number of hydrogen-bond acceptors (Lipinski definition) is 4. The Morgan fingerprint density at radius 2 is 2.06 bits per heavy atom. The van der Waals surface area contributed by atoms with Gasteiger partial charge in [-0.3, -0.25) is 4.79 Å². The summed E-state index contributed by atoms with van der Waals surface area (Å²) in [6.07, 6.45) is 1.49. The van der Waals surface area contributed by atoms with Crippen LogP contribution in [0.4, 0.5) is 0 Å². The molecule has 0 aromatic heterocycles. The van der Waals surface area contributed by atoms with Crippen LogP contribution in [0.2, 0.25) is 0 Å². The molecule has 0 fully saturated rings. The highest BCUT2D eigenvalue weighted by Gasteiger charge is 2.25. The Morgan fingerprint density at radius 1 is 1.50 bits per heavy atom. The lowest BCUT2D eigenvalue weighted by Crippen LogP contribution is -2.31. The van der Waals surface area contributed by atoms with E-state index in [1.165, 1.54) is 20.0 Å². The molecular weight excluding hydrogens is 233 g/mol. The number of aliphatic carboxylic acids is 1. The lowest BCUT2D eigenvalue weighted by atomic mass is 10.1. The first-order chi connectivity index (χ1) is 7.43. The average molecular weight is 249 g/mol. The molecule has 0 radical (unpaired) electrons. The summed E-state index contributed by atoms with van der Waals surface area (Å²) in [5.41, 5.74) is -0.744. The largest absolute Gasteiger partial charge is 0.478 e. The highest BCUT2D eigenvalue weighted by Crippen LogP contribution is 2.33. The van der Waals surface area contributed by atoms with Crippen molar-refractivity contribution in [2.75, 3.05) is 13.4 Å². The maximum Gasteiger partial charge on any atom is 0.328 e. The van der Waals surface area contributed by atoms with Crippen molar-refractivity contribution in [3.63, 3.8) is 0 Å². The smallest absolute Gasteiger partial charge is 0.328 e. The number of carbonyl (C=O) groups is 2. The van der Waals surface area contributed by atoms with E-state index in [4.69, 9.17) is 10.2 Å². The predicted molar refractivity (Wildman–Crippen MR) is 59.9 cm³/mol. The third-order valence-electron chi connectivity index (χ3n) is 2.17. The Balaban J connectivity index is 4.86. The van der Waals surface area contributed by atoms with Crippen molar-refractivity contribution in [3.8, 4) is 0 Å². The summed E-state index contributed by atoms with van der Waals surface area (Å²) in [5.74, 6) is -2.16. The Bertz CT molecular complexity index is 315. The van der Waals surface area contributed by atoms with E-state index in [1.54, 1.807) is 0 Å². The molecule has 0 aliphatic carbocycles. The highest BCUT2D eigenvalue weighted by atomic mass is 31.1. The molecule has 0 aromatic rings. The number of carboxylic acid groups (broad SMARTS) is 1. The summed E-state index contributed by atoms with van der Waals surface area (Å²) in [4.78, 5) is 21.7. The molecule has 16 heavy (non-hydrogen) atoms. The van der Waals surface area contributed by atoms with E-state index in [0.29, 0.717) is 0 Å². The lowest BCUT2D eigenvalue weighted by molar-refractivity contribution is -0.131. The molecule has 3 atom stereocenters. The molecule has 0 saturated heterocycles. The number of aliphatic hydroxyl groups excluding tert-OH is 1. The monoisotopic (exact) mass is 249 g/mol. The molecule has 0 rings (SSSR count). The molecule has 3 unspecified atom stereocenters. The van der Waals surface area contributed by atoms with Crippen LogP contribution in [-0.2, 0) is 14.2 Å². The molecule has 0 bridgehead atoms. The molecule has 6 nitrogen and oxygen atoms in total. The van der Waals surface area contributed by atoms with Crippen LogP contribution in [0.15, 0.2) is 12.2 Å². The SMILES string of the molecule is CNC(=O)C(C)C(C=CC(=O)O)[PH](=O)CO. The summed E-state index contributed by atoms with van der Waals surface area (Å²) < 4.78 is 11.5. The minimum Gasteiger partial charge on any atom is -0.478 e. The second-order valence-corrected chi connectivity index (χ2v) is 5.17. The molecule has 92 valence electrons. The average Bonchev–Trinajstić information content (AvgIpc) is 2.26. The van der Waals surface area contributed by atoms with Crippen LogP contribution < -0.4 is 5.32 Å². The van der Waals surface area contributed by atoms with Gasteiger partial charge >= 0.3 is 5.97 Å². The Labute approximate surface area is 94.1 Å². The molecule has 0 heterocycles. The van der Waals surface area contributed by atoms with Crippen molar-refractivity contribution in [2.24, 2.45) is 5.92 Å². The van der Waals surface area contributed by atoms with E-state index in [-0.39, 0.29) is 5.91 Å². The molecule has 7 heteroatoms. The summed E-state index contributed by atoms with van der Waals surface area (Å²) >= 11 is 0. The first kappa shape index (κ1) is 14.9. The normalized spacial score (nSPS) is 16.7. The molecule has 0 saturated carbocycles. The highest BCUT2D eigenvalue weighted by molar-refractivity contribution is 7.45. The molecule has 1 amide bonds. The van der Waals surface area contributed by atoms with Gasteiger partial charge in [-0.15, -0.1) is 0 Å². The second kappa shape index (κ2) is 7.19. The van der Waals surface area contributed by atoms with Crippen LogP contribution in [0.5, 0.6) is 0 Å². The molecule has 0 aromatic carbocycles. The Kier molecular flexibility index (Phi) is 6.69. The zero-order chi connectivity index (χ0) is 12.7. The van der Waals surface area contributed by atoms with Gasteiger partial charge in [-0.05, 0) is 0 Å². The Morgan fingerprint density at radius 3 is 2.44 bits per heavy atom. The van der Waals surface area contributed by atoms with Crippen molar-refractivity contribution in [1.29, 1.82) is 0 Å². The fourth-order valence-corrected chi connectivity index (χ4v) is 2.47. The van der Waals surface area contributed by atoms with E-state index in [0.717, 1.165) is 6.08 Å². The third kappa shape index (κ3) is 4.59. The van der Waals surface area contributed by atoms with Crippen molar-refractivity contribution in [3.05, 3.63) is 12.2 Å². The summed E-state index contributed by atoms with van der Waals surface area (Å²) in [6.45, 7) is 1.54. The van der Waals surface area contributed by atoms with Gasteiger partial charge in [0.1, 0.15) is 7.80 Å².